The Labute approximate surface area is 92.7 Å². The molecule has 0 bridgehead atoms. The number of benzene rings is 1. The van der Waals surface area contributed by atoms with E-state index in [2.05, 4.69) is 5.32 Å². The third-order valence-electron chi connectivity index (χ3n) is 3.13. The van der Waals surface area contributed by atoms with Crippen molar-refractivity contribution in [2.75, 3.05) is 13.1 Å². The summed E-state index contributed by atoms with van der Waals surface area (Å²) in [5, 5.41) is 2.82. The second-order valence-electron chi connectivity index (χ2n) is 4.16. The predicted octanol–water partition coefficient (Wildman–Crippen LogP) is 2.94. The molecule has 1 N–H and O–H groups in total. The molecule has 2 atom stereocenters. The zero-order valence-electron chi connectivity index (χ0n) is 8.80. The van der Waals surface area contributed by atoms with Crippen LogP contribution in [-0.2, 0) is 0 Å². The Kier molecular flexibility index (Phi) is 3.19. The normalized spacial score (nSPS) is 26.7. The van der Waals surface area contributed by atoms with E-state index in [1.54, 1.807) is 24.3 Å². The van der Waals surface area contributed by atoms with Crippen molar-refractivity contribution in [1.82, 2.24) is 5.32 Å². The topological polar surface area (TPSA) is 12.0 Å². The van der Waals surface area contributed by atoms with Gasteiger partial charge >= 0.3 is 6.18 Å². The third kappa shape index (κ3) is 2.38. The van der Waals surface area contributed by atoms with Gasteiger partial charge < -0.3 is 5.32 Å². The van der Waals surface area contributed by atoms with Gasteiger partial charge in [0, 0.05) is 6.54 Å². The minimum atomic E-state index is -4.12. The molecule has 0 aliphatic carbocycles. The fourth-order valence-corrected chi connectivity index (χ4v) is 2.30. The van der Waals surface area contributed by atoms with Crippen LogP contribution in [0.15, 0.2) is 30.3 Å². The van der Waals surface area contributed by atoms with Crippen LogP contribution in [0.1, 0.15) is 17.9 Å². The fraction of sp³-hybridized carbons (Fsp3) is 0.500. The second-order valence-corrected chi connectivity index (χ2v) is 4.16. The van der Waals surface area contributed by atoms with E-state index >= 15 is 0 Å². The van der Waals surface area contributed by atoms with Crippen LogP contribution in [-0.4, -0.2) is 19.3 Å². The highest BCUT2D eigenvalue weighted by Gasteiger charge is 2.45. The van der Waals surface area contributed by atoms with Crippen LogP contribution in [0.4, 0.5) is 13.2 Å². The predicted molar refractivity (Wildman–Crippen MR) is 56.2 cm³/mol. The highest BCUT2D eigenvalue weighted by atomic mass is 19.4. The Bertz CT molecular complexity index is 334. The van der Waals surface area contributed by atoms with Gasteiger partial charge in [-0.15, -0.1) is 0 Å². The highest BCUT2D eigenvalue weighted by Crippen LogP contribution is 2.40. The van der Waals surface area contributed by atoms with Crippen molar-refractivity contribution < 1.29 is 13.2 Å². The summed E-state index contributed by atoms with van der Waals surface area (Å²) in [6, 6.07) is 8.99. The first-order chi connectivity index (χ1) is 7.59. The Morgan fingerprint density at radius 3 is 2.44 bits per heavy atom. The van der Waals surface area contributed by atoms with Crippen molar-refractivity contribution in [1.29, 1.82) is 0 Å². The van der Waals surface area contributed by atoms with E-state index in [-0.39, 0.29) is 6.54 Å². The average molecular weight is 229 g/mol. The van der Waals surface area contributed by atoms with E-state index in [0.29, 0.717) is 13.0 Å². The van der Waals surface area contributed by atoms with Crippen LogP contribution in [0.5, 0.6) is 0 Å². The van der Waals surface area contributed by atoms with Crippen molar-refractivity contribution >= 4 is 0 Å². The fourth-order valence-electron chi connectivity index (χ4n) is 2.30. The average Bonchev–Trinajstić information content (AvgIpc) is 2.29. The van der Waals surface area contributed by atoms with Gasteiger partial charge in [-0.2, -0.15) is 13.2 Å². The minimum absolute atomic E-state index is 0.0308. The van der Waals surface area contributed by atoms with E-state index in [9.17, 15) is 13.2 Å². The van der Waals surface area contributed by atoms with Crippen molar-refractivity contribution in [3.8, 4) is 0 Å². The lowest BCUT2D eigenvalue weighted by Crippen LogP contribution is -2.43. The van der Waals surface area contributed by atoms with Crippen LogP contribution in [0.25, 0.3) is 0 Å². The Morgan fingerprint density at radius 1 is 1.12 bits per heavy atom. The van der Waals surface area contributed by atoms with Gasteiger partial charge in [-0.25, -0.2) is 0 Å². The second kappa shape index (κ2) is 4.45. The maximum Gasteiger partial charge on any atom is 0.393 e. The standard InChI is InChI=1S/C12H14F3N/c13-12(14,15)11-8-16-7-6-10(11)9-4-2-1-3-5-9/h1-5,10-11,16H,6-8H2. The third-order valence-corrected chi connectivity index (χ3v) is 3.13. The van der Waals surface area contributed by atoms with Gasteiger partial charge in [-0.3, -0.25) is 0 Å². The summed E-state index contributed by atoms with van der Waals surface area (Å²) in [6.45, 7) is 0.690. The zero-order chi connectivity index (χ0) is 11.6. The van der Waals surface area contributed by atoms with E-state index in [0.717, 1.165) is 5.56 Å². The number of alkyl halides is 3. The first-order valence-corrected chi connectivity index (χ1v) is 5.41. The van der Waals surface area contributed by atoms with Gasteiger partial charge in [0.25, 0.3) is 0 Å². The largest absolute Gasteiger partial charge is 0.393 e. The molecule has 1 aromatic rings. The van der Waals surface area contributed by atoms with E-state index in [1.165, 1.54) is 0 Å². The molecular formula is C12H14F3N. The number of hydrogen-bond donors (Lipinski definition) is 1. The summed E-state index contributed by atoms with van der Waals surface area (Å²) in [5.41, 5.74) is 0.798. The van der Waals surface area contributed by atoms with Crippen LogP contribution in [0.2, 0.25) is 0 Å². The number of nitrogens with one attached hydrogen (secondary N) is 1. The smallest absolute Gasteiger partial charge is 0.316 e. The minimum Gasteiger partial charge on any atom is -0.316 e. The molecule has 88 valence electrons. The highest BCUT2D eigenvalue weighted by molar-refractivity contribution is 5.21. The molecule has 0 spiro atoms. The Hall–Kier alpha value is -1.03. The summed E-state index contributed by atoms with van der Waals surface area (Å²) in [5.74, 6) is -1.66. The summed E-state index contributed by atoms with van der Waals surface area (Å²) < 4.78 is 38.5. The van der Waals surface area contributed by atoms with Crippen molar-refractivity contribution in [2.45, 2.75) is 18.5 Å². The van der Waals surface area contributed by atoms with Gasteiger partial charge in [0.2, 0.25) is 0 Å². The molecule has 1 aliphatic rings. The maximum atomic E-state index is 12.8. The molecule has 16 heavy (non-hydrogen) atoms. The Morgan fingerprint density at radius 2 is 1.81 bits per heavy atom. The van der Waals surface area contributed by atoms with Gasteiger partial charge in [0.1, 0.15) is 0 Å². The van der Waals surface area contributed by atoms with Gasteiger partial charge in [-0.1, -0.05) is 30.3 Å². The monoisotopic (exact) mass is 229 g/mol. The molecule has 0 amide bonds. The molecule has 4 heteroatoms. The van der Waals surface area contributed by atoms with E-state index in [1.807, 2.05) is 6.07 Å². The quantitative estimate of drug-likeness (QED) is 0.780. The molecule has 0 radical (unpaired) electrons. The molecule has 1 heterocycles. The molecule has 2 unspecified atom stereocenters. The number of piperidine rings is 1. The molecule has 0 saturated carbocycles. The summed E-state index contributed by atoms with van der Waals surface area (Å²) in [6.07, 6.45) is -3.57. The number of hydrogen-bond acceptors (Lipinski definition) is 1. The molecule has 0 aromatic heterocycles. The van der Waals surface area contributed by atoms with Crippen LogP contribution in [0.3, 0.4) is 0 Å². The van der Waals surface area contributed by atoms with E-state index < -0.39 is 18.0 Å². The number of rotatable bonds is 1. The SMILES string of the molecule is FC(F)(F)C1CNCCC1c1ccccc1. The van der Waals surface area contributed by atoms with Crippen LogP contribution >= 0.6 is 0 Å². The lowest BCUT2D eigenvalue weighted by atomic mass is 9.81. The first-order valence-electron chi connectivity index (χ1n) is 5.41. The first kappa shape index (κ1) is 11.5. The van der Waals surface area contributed by atoms with Gasteiger partial charge in [0.15, 0.2) is 0 Å². The lowest BCUT2D eigenvalue weighted by Gasteiger charge is -2.33. The number of halogens is 3. The maximum absolute atomic E-state index is 12.8. The molecule has 2 rings (SSSR count). The Balaban J connectivity index is 2.24. The van der Waals surface area contributed by atoms with Crippen molar-refractivity contribution in [3.05, 3.63) is 35.9 Å². The van der Waals surface area contributed by atoms with Crippen LogP contribution in [0, 0.1) is 5.92 Å². The van der Waals surface area contributed by atoms with Crippen LogP contribution < -0.4 is 5.32 Å². The van der Waals surface area contributed by atoms with Crippen molar-refractivity contribution in [3.63, 3.8) is 0 Å². The zero-order valence-corrected chi connectivity index (χ0v) is 8.80. The summed E-state index contributed by atoms with van der Waals surface area (Å²) in [7, 11) is 0. The molecule has 1 nitrogen and oxygen atoms in total. The molecular weight excluding hydrogens is 215 g/mol. The molecule has 1 fully saturated rings. The van der Waals surface area contributed by atoms with Crippen molar-refractivity contribution in [2.24, 2.45) is 5.92 Å². The molecule has 1 saturated heterocycles. The summed E-state index contributed by atoms with van der Waals surface area (Å²) >= 11 is 0. The summed E-state index contributed by atoms with van der Waals surface area (Å²) in [4.78, 5) is 0. The van der Waals surface area contributed by atoms with E-state index in [4.69, 9.17) is 0 Å². The van der Waals surface area contributed by atoms with Gasteiger partial charge in [0.05, 0.1) is 5.92 Å². The van der Waals surface area contributed by atoms with Gasteiger partial charge in [-0.05, 0) is 24.4 Å². The molecule has 1 aromatic carbocycles. The molecule has 1 aliphatic heterocycles. The lowest BCUT2D eigenvalue weighted by molar-refractivity contribution is -0.183.